The molecule has 104 valence electrons. The van der Waals surface area contributed by atoms with Gasteiger partial charge in [0.05, 0.1) is 23.8 Å². The molecule has 0 heterocycles. The number of nitrogens with one attached hydrogen (secondary N) is 1. The Labute approximate surface area is 113 Å². The van der Waals surface area contributed by atoms with E-state index in [9.17, 15) is 18.9 Å². The van der Waals surface area contributed by atoms with Crippen LogP contribution in [0.5, 0.6) is 5.75 Å². The van der Waals surface area contributed by atoms with Gasteiger partial charge in [0.1, 0.15) is 0 Å². The fourth-order valence-corrected chi connectivity index (χ4v) is 1.61. The van der Waals surface area contributed by atoms with Crippen molar-refractivity contribution < 1.29 is 18.4 Å². The summed E-state index contributed by atoms with van der Waals surface area (Å²) < 4.78 is 31.7. The van der Waals surface area contributed by atoms with Crippen molar-refractivity contribution in [1.29, 1.82) is 0 Å². The number of benzene rings is 2. The summed E-state index contributed by atoms with van der Waals surface area (Å²) in [5.41, 5.74) is 0.102. The molecular formula is C13H10F2N2O3. The third-order valence-corrected chi connectivity index (χ3v) is 2.59. The predicted molar refractivity (Wildman–Crippen MR) is 69.3 cm³/mol. The summed E-state index contributed by atoms with van der Waals surface area (Å²) in [5.74, 6) is -1.30. The van der Waals surface area contributed by atoms with Crippen molar-refractivity contribution in [2.75, 3.05) is 12.4 Å². The molecule has 0 aromatic heterocycles. The summed E-state index contributed by atoms with van der Waals surface area (Å²) in [6.07, 6.45) is 0. The summed E-state index contributed by atoms with van der Waals surface area (Å²) in [7, 11) is 1.31. The van der Waals surface area contributed by atoms with E-state index in [0.717, 1.165) is 6.07 Å². The molecule has 0 fully saturated rings. The molecule has 0 aliphatic rings. The zero-order chi connectivity index (χ0) is 14.7. The SMILES string of the molecule is COc1cc(Nc2ccc([N+](=O)[O-])cc2F)ccc1F. The lowest BCUT2D eigenvalue weighted by Gasteiger charge is -2.09. The highest BCUT2D eigenvalue weighted by atomic mass is 19.1. The van der Waals surface area contributed by atoms with Gasteiger partial charge < -0.3 is 10.1 Å². The van der Waals surface area contributed by atoms with Crippen molar-refractivity contribution in [2.24, 2.45) is 0 Å². The van der Waals surface area contributed by atoms with E-state index < -0.39 is 16.6 Å². The Bertz CT molecular complexity index is 662. The van der Waals surface area contributed by atoms with E-state index in [1.54, 1.807) is 0 Å². The maximum atomic E-state index is 13.7. The number of nitro groups is 1. The molecule has 0 bridgehead atoms. The second-order valence-corrected chi connectivity index (χ2v) is 3.90. The lowest BCUT2D eigenvalue weighted by atomic mass is 10.2. The van der Waals surface area contributed by atoms with Crippen LogP contribution in [-0.2, 0) is 0 Å². The first-order valence-corrected chi connectivity index (χ1v) is 5.56. The number of rotatable bonds is 4. The summed E-state index contributed by atoms with van der Waals surface area (Å²) in [5, 5.41) is 13.2. The number of ether oxygens (including phenoxy) is 1. The second-order valence-electron chi connectivity index (χ2n) is 3.90. The summed E-state index contributed by atoms with van der Waals surface area (Å²) >= 11 is 0. The molecule has 2 aromatic carbocycles. The van der Waals surface area contributed by atoms with Crippen LogP contribution in [0.3, 0.4) is 0 Å². The molecule has 0 radical (unpaired) electrons. The van der Waals surface area contributed by atoms with Gasteiger partial charge in [0.25, 0.3) is 5.69 Å². The molecule has 1 N–H and O–H groups in total. The molecule has 2 rings (SSSR count). The van der Waals surface area contributed by atoms with Crippen LogP contribution in [0.4, 0.5) is 25.8 Å². The minimum absolute atomic E-state index is 0.0114. The normalized spacial score (nSPS) is 10.2. The molecule has 2 aromatic rings. The van der Waals surface area contributed by atoms with E-state index in [4.69, 9.17) is 4.74 Å². The highest BCUT2D eigenvalue weighted by Gasteiger charge is 2.11. The zero-order valence-corrected chi connectivity index (χ0v) is 10.4. The Balaban J connectivity index is 2.28. The van der Waals surface area contributed by atoms with E-state index >= 15 is 0 Å². The molecule has 0 aliphatic carbocycles. The smallest absolute Gasteiger partial charge is 0.272 e. The molecule has 5 nitrogen and oxygen atoms in total. The quantitative estimate of drug-likeness (QED) is 0.686. The fraction of sp³-hybridized carbons (Fsp3) is 0.0769. The molecule has 0 amide bonds. The predicted octanol–water partition coefficient (Wildman–Crippen LogP) is 3.63. The Morgan fingerprint density at radius 2 is 1.90 bits per heavy atom. The number of non-ortho nitro benzene ring substituents is 1. The first-order chi connectivity index (χ1) is 9.51. The van der Waals surface area contributed by atoms with Crippen LogP contribution < -0.4 is 10.1 Å². The highest BCUT2D eigenvalue weighted by Crippen LogP contribution is 2.27. The average molecular weight is 280 g/mol. The minimum atomic E-state index is -0.775. The topological polar surface area (TPSA) is 64.4 Å². The van der Waals surface area contributed by atoms with Gasteiger partial charge in [-0.25, -0.2) is 8.78 Å². The van der Waals surface area contributed by atoms with Crippen molar-refractivity contribution in [3.8, 4) is 5.75 Å². The number of methoxy groups -OCH3 is 1. The maximum absolute atomic E-state index is 13.7. The number of nitrogens with zero attached hydrogens (tertiary/aromatic N) is 1. The van der Waals surface area contributed by atoms with Crippen LogP contribution in [-0.4, -0.2) is 12.0 Å². The van der Waals surface area contributed by atoms with Crippen molar-refractivity contribution >= 4 is 17.1 Å². The van der Waals surface area contributed by atoms with Gasteiger partial charge in [0.15, 0.2) is 17.4 Å². The van der Waals surface area contributed by atoms with Crippen LogP contribution >= 0.6 is 0 Å². The van der Waals surface area contributed by atoms with Crippen LogP contribution in [0.15, 0.2) is 36.4 Å². The van der Waals surface area contributed by atoms with E-state index in [1.807, 2.05) is 0 Å². The molecule has 20 heavy (non-hydrogen) atoms. The minimum Gasteiger partial charge on any atom is -0.494 e. The summed E-state index contributed by atoms with van der Waals surface area (Å²) in [4.78, 5) is 9.82. The Kier molecular flexibility index (Phi) is 3.79. The van der Waals surface area contributed by atoms with Gasteiger partial charge in [0.2, 0.25) is 0 Å². The number of nitro benzene ring substituents is 1. The maximum Gasteiger partial charge on any atom is 0.272 e. The molecule has 0 saturated heterocycles. The number of hydrogen-bond acceptors (Lipinski definition) is 4. The van der Waals surface area contributed by atoms with Gasteiger partial charge in [-0.15, -0.1) is 0 Å². The van der Waals surface area contributed by atoms with E-state index in [-0.39, 0.29) is 17.1 Å². The molecule has 0 unspecified atom stereocenters. The van der Waals surface area contributed by atoms with Gasteiger partial charge in [-0.2, -0.15) is 0 Å². The van der Waals surface area contributed by atoms with Crippen molar-refractivity contribution in [2.45, 2.75) is 0 Å². The fourth-order valence-electron chi connectivity index (χ4n) is 1.61. The van der Waals surface area contributed by atoms with Crippen LogP contribution in [0, 0.1) is 21.7 Å². The zero-order valence-electron chi connectivity index (χ0n) is 10.4. The molecule has 0 aliphatic heterocycles. The van der Waals surface area contributed by atoms with Gasteiger partial charge >= 0.3 is 0 Å². The van der Waals surface area contributed by atoms with E-state index in [1.165, 1.54) is 37.4 Å². The second kappa shape index (κ2) is 5.52. The number of halogens is 2. The number of anilines is 2. The first kappa shape index (κ1) is 13.7. The van der Waals surface area contributed by atoms with Crippen LogP contribution in [0.25, 0.3) is 0 Å². The summed E-state index contributed by atoms with van der Waals surface area (Å²) in [6, 6.07) is 7.15. The van der Waals surface area contributed by atoms with Gasteiger partial charge in [0, 0.05) is 17.8 Å². The van der Waals surface area contributed by atoms with Gasteiger partial charge in [-0.3, -0.25) is 10.1 Å². The Morgan fingerprint density at radius 1 is 1.15 bits per heavy atom. The lowest BCUT2D eigenvalue weighted by Crippen LogP contribution is -1.97. The van der Waals surface area contributed by atoms with Crippen molar-refractivity contribution in [3.63, 3.8) is 0 Å². The van der Waals surface area contributed by atoms with Gasteiger partial charge in [-0.05, 0) is 18.2 Å². The third kappa shape index (κ3) is 2.82. The Hall–Kier alpha value is -2.70. The average Bonchev–Trinajstić information content (AvgIpc) is 2.42. The molecule has 0 atom stereocenters. The van der Waals surface area contributed by atoms with Crippen LogP contribution in [0.1, 0.15) is 0 Å². The van der Waals surface area contributed by atoms with Crippen molar-refractivity contribution in [3.05, 3.63) is 58.1 Å². The molecule has 0 saturated carbocycles. The summed E-state index contributed by atoms with van der Waals surface area (Å²) in [6.45, 7) is 0. The lowest BCUT2D eigenvalue weighted by molar-refractivity contribution is -0.385. The van der Waals surface area contributed by atoms with Gasteiger partial charge in [-0.1, -0.05) is 0 Å². The first-order valence-electron chi connectivity index (χ1n) is 5.56. The molecular weight excluding hydrogens is 270 g/mol. The van der Waals surface area contributed by atoms with Crippen molar-refractivity contribution in [1.82, 2.24) is 0 Å². The third-order valence-electron chi connectivity index (χ3n) is 2.59. The highest BCUT2D eigenvalue weighted by molar-refractivity contribution is 5.63. The van der Waals surface area contributed by atoms with E-state index in [2.05, 4.69) is 5.32 Å². The monoisotopic (exact) mass is 280 g/mol. The van der Waals surface area contributed by atoms with Crippen LogP contribution in [0.2, 0.25) is 0 Å². The standard InChI is InChI=1S/C13H10F2N2O3/c1-20-13-6-8(2-4-10(13)14)16-12-5-3-9(17(18)19)7-11(12)15/h2-7,16H,1H3. The Morgan fingerprint density at radius 3 is 2.50 bits per heavy atom. The molecule has 7 heteroatoms. The van der Waals surface area contributed by atoms with E-state index in [0.29, 0.717) is 5.69 Å². The molecule has 0 spiro atoms. The number of hydrogen-bond donors (Lipinski definition) is 1. The largest absolute Gasteiger partial charge is 0.494 e.